The second kappa shape index (κ2) is 11.4. The first-order valence-corrected chi connectivity index (χ1v) is 15.6. The van der Waals surface area contributed by atoms with E-state index in [1.54, 1.807) is 17.0 Å². The van der Waals surface area contributed by atoms with E-state index < -0.39 is 0 Å². The van der Waals surface area contributed by atoms with Gasteiger partial charge in [0.15, 0.2) is 5.17 Å². The van der Waals surface area contributed by atoms with Crippen molar-refractivity contribution in [1.29, 1.82) is 0 Å². The van der Waals surface area contributed by atoms with Gasteiger partial charge in [-0.05, 0) is 98.3 Å². The summed E-state index contributed by atoms with van der Waals surface area (Å²) < 4.78 is 15.7. The maximum Gasteiger partial charge on any atom is 0.266 e. The number of hydrogen-bond acceptors (Lipinski definition) is 4. The third-order valence-corrected chi connectivity index (χ3v) is 9.39. The second-order valence-corrected chi connectivity index (χ2v) is 12.9. The van der Waals surface area contributed by atoms with E-state index in [4.69, 9.17) is 4.99 Å². The number of nitrogens with zero attached hydrogens (tertiary/aromatic N) is 3. The van der Waals surface area contributed by atoms with Crippen LogP contribution < -0.4 is 4.90 Å². The second-order valence-electron chi connectivity index (χ2n) is 11.9. The zero-order valence-corrected chi connectivity index (χ0v) is 25.5. The molecule has 1 atom stereocenters. The highest BCUT2D eigenvalue weighted by Gasteiger charge is 2.37. The zero-order valence-electron chi connectivity index (χ0n) is 24.7. The summed E-state index contributed by atoms with van der Waals surface area (Å²) in [7, 11) is 0. The van der Waals surface area contributed by atoms with Crippen molar-refractivity contribution < 1.29 is 9.18 Å². The molecule has 0 bridgehead atoms. The molecule has 1 unspecified atom stereocenters. The number of fused-ring (bicyclic) bond motifs is 2. The quantitative estimate of drug-likeness (QED) is 0.223. The first kappa shape index (κ1) is 28.3. The number of carbonyl (C=O) groups is 1. The molecule has 4 aromatic rings. The normalized spacial score (nSPS) is 20.2. The minimum Gasteiger partial charge on any atom is -0.366 e. The number of carbonyl (C=O) groups excluding carboxylic acids is 1. The highest BCUT2D eigenvalue weighted by atomic mass is 32.2. The molecule has 3 aromatic carbocycles. The van der Waals surface area contributed by atoms with Crippen molar-refractivity contribution in [2.45, 2.75) is 58.4 Å². The van der Waals surface area contributed by atoms with Crippen LogP contribution in [-0.4, -0.2) is 39.6 Å². The molecule has 7 heteroatoms. The Morgan fingerprint density at radius 3 is 2.64 bits per heavy atom. The molecule has 1 N–H and O–H groups in total. The van der Waals surface area contributed by atoms with Crippen molar-refractivity contribution in [3.05, 3.63) is 100 Å². The van der Waals surface area contributed by atoms with Crippen LogP contribution >= 0.6 is 11.8 Å². The Labute approximate surface area is 251 Å². The third-order valence-electron chi connectivity index (χ3n) is 8.39. The number of amidine groups is 1. The number of thioether (sulfide) groups is 1. The van der Waals surface area contributed by atoms with Gasteiger partial charge in [-0.2, -0.15) is 0 Å². The fourth-order valence-corrected chi connectivity index (χ4v) is 7.41. The lowest BCUT2D eigenvalue weighted by molar-refractivity contribution is -0.122. The van der Waals surface area contributed by atoms with E-state index in [9.17, 15) is 4.79 Å². The molecule has 42 heavy (non-hydrogen) atoms. The number of hydrogen-bond donors (Lipinski definition) is 1. The van der Waals surface area contributed by atoms with Crippen molar-refractivity contribution in [2.24, 2.45) is 4.99 Å². The summed E-state index contributed by atoms with van der Waals surface area (Å²) in [6, 6.07) is 21.5. The minimum atomic E-state index is -0.306. The molecule has 1 aromatic heterocycles. The SMILES string of the molecule is CCCN1c2cc(F)c(/C=C3/SC(=Nc4ccccc4)N(CCc4c[nH]c5ccccc45)C3=O)cc2C(C)CC1(C)C. The molecule has 2 aliphatic heterocycles. The maximum atomic E-state index is 15.7. The lowest BCUT2D eigenvalue weighted by Crippen LogP contribution is -2.48. The van der Waals surface area contributed by atoms with E-state index in [0.29, 0.717) is 28.6 Å². The Morgan fingerprint density at radius 1 is 1.10 bits per heavy atom. The van der Waals surface area contributed by atoms with Gasteiger partial charge in [0.2, 0.25) is 0 Å². The summed E-state index contributed by atoms with van der Waals surface area (Å²) >= 11 is 1.32. The van der Waals surface area contributed by atoms with Crippen molar-refractivity contribution >= 4 is 51.2 Å². The monoisotopic (exact) mass is 580 g/mol. The van der Waals surface area contributed by atoms with E-state index >= 15 is 4.39 Å². The molecule has 6 rings (SSSR count). The van der Waals surface area contributed by atoms with Gasteiger partial charge in [0, 0.05) is 47.0 Å². The van der Waals surface area contributed by atoms with Crippen LogP contribution in [0.5, 0.6) is 0 Å². The number of benzene rings is 3. The third kappa shape index (κ3) is 5.38. The summed E-state index contributed by atoms with van der Waals surface area (Å²) in [6.45, 7) is 10.2. The number of anilines is 1. The highest BCUT2D eigenvalue weighted by Crippen LogP contribution is 2.45. The fourth-order valence-electron chi connectivity index (χ4n) is 6.39. The standard InChI is InChI=1S/C35H37FN4OS/c1-5-16-40-31-20-29(36)25(18-28(31)23(2)21-35(40,3)4)19-32-33(41)39(34(42-32)38-26-11-7-6-8-12-26)17-15-24-22-37-30-14-10-9-13-27(24)30/h6-14,18-20,22-23,37H,5,15-17,21H2,1-4H3/b32-19+,38-34?. The zero-order chi connectivity index (χ0) is 29.4. The predicted octanol–water partition coefficient (Wildman–Crippen LogP) is 8.66. The maximum absolute atomic E-state index is 15.7. The summed E-state index contributed by atoms with van der Waals surface area (Å²) in [5, 5.41) is 1.76. The van der Waals surface area contributed by atoms with Gasteiger partial charge < -0.3 is 9.88 Å². The average Bonchev–Trinajstić information content (AvgIpc) is 3.51. The van der Waals surface area contributed by atoms with Crippen LogP contribution in [0, 0.1) is 5.82 Å². The smallest absolute Gasteiger partial charge is 0.266 e. The van der Waals surface area contributed by atoms with Gasteiger partial charge in [-0.3, -0.25) is 9.69 Å². The van der Waals surface area contributed by atoms with E-state index in [1.807, 2.05) is 54.7 Å². The largest absolute Gasteiger partial charge is 0.366 e. The molecule has 1 saturated heterocycles. The van der Waals surface area contributed by atoms with Gasteiger partial charge in [0.25, 0.3) is 5.91 Å². The summed E-state index contributed by atoms with van der Waals surface area (Å²) in [5.74, 6) is -0.163. The van der Waals surface area contributed by atoms with Crippen LogP contribution in [0.25, 0.3) is 17.0 Å². The van der Waals surface area contributed by atoms with Crippen LogP contribution in [-0.2, 0) is 11.2 Å². The Bertz CT molecular complexity index is 1690. The molecule has 1 fully saturated rings. The summed E-state index contributed by atoms with van der Waals surface area (Å²) in [6.07, 6.45) is 6.38. The number of aromatic amines is 1. The van der Waals surface area contributed by atoms with Gasteiger partial charge in [0.1, 0.15) is 5.82 Å². The van der Waals surface area contributed by atoms with Crippen LogP contribution in [0.1, 0.15) is 63.1 Å². The first-order valence-electron chi connectivity index (χ1n) is 14.8. The highest BCUT2D eigenvalue weighted by molar-refractivity contribution is 8.18. The number of H-pyrrole nitrogens is 1. The predicted molar refractivity (Wildman–Crippen MR) is 174 cm³/mol. The molecule has 0 saturated carbocycles. The Morgan fingerprint density at radius 2 is 1.86 bits per heavy atom. The molecule has 0 aliphatic carbocycles. The van der Waals surface area contributed by atoms with Gasteiger partial charge in [-0.15, -0.1) is 0 Å². The number of halogens is 1. The van der Waals surface area contributed by atoms with Crippen LogP contribution in [0.2, 0.25) is 0 Å². The first-order chi connectivity index (χ1) is 20.2. The number of para-hydroxylation sites is 2. The van der Waals surface area contributed by atoms with Crippen molar-refractivity contribution in [3.63, 3.8) is 0 Å². The molecule has 0 radical (unpaired) electrons. The number of rotatable bonds is 7. The van der Waals surface area contributed by atoms with Crippen molar-refractivity contribution in [1.82, 2.24) is 9.88 Å². The molecular weight excluding hydrogens is 543 g/mol. The van der Waals surface area contributed by atoms with E-state index in [0.717, 1.165) is 52.8 Å². The van der Waals surface area contributed by atoms with Gasteiger partial charge >= 0.3 is 0 Å². The molecule has 0 spiro atoms. The lowest BCUT2D eigenvalue weighted by Gasteiger charge is -2.47. The topological polar surface area (TPSA) is 51.7 Å². The van der Waals surface area contributed by atoms with E-state index in [1.165, 1.54) is 11.8 Å². The molecule has 216 valence electrons. The van der Waals surface area contributed by atoms with E-state index in [2.05, 4.69) is 49.7 Å². The molecule has 2 aliphatic rings. The van der Waals surface area contributed by atoms with Crippen LogP contribution in [0.3, 0.4) is 0 Å². The lowest BCUT2D eigenvalue weighted by atomic mass is 9.79. The summed E-state index contributed by atoms with van der Waals surface area (Å²) in [5.41, 5.74) is 5.52. The average molecular weight is 581 g/mol. The van der Waals surface area contributed by atoms with Gasteiger partial charge in [-0.25, -0.2) is 9.38 Å². The number of nitrogens with one attached hydrogen (secondary N) is 1. The van der Waals surface area contributed by atoms with Gasteiger partial charge in [0.05, 0.1) is 10.6 Å². The number of aromatic nitrogens is 1. The van der Waals surface area contributed by atoms with E-state index in [-0.39, 0.29) is 23.2 Å². The minimum absolute atomic E-state index is 0.0415. The Balaban J connectivity index is 1.34. The fraction of sp³-hybridized carbons (Fsp3) is 0.314. The van der Waals surface area contributed by atoms with Crippen LogP contribution in [0.4, 0.5) is 15.8 Å². The molecule has 1 amide bonds. The number of amides is 1. The Hall–Kier alpha value is -3.84. The molecular formula is C35H37FN4OS. The molecule has 3 heterocycles. The number of aliphatic imine (C=N–C) groups is 1. The molecule has 5 nitrogen and oxygen atoms in total. The van der Waals surface area contributed by atoms with Crippen molar-refractivity contribution in [2.75, 3.05) is 18.0 Å². The Kier molecular flexibility index (Phi) is 7.71. The van der Waals surface area contributed by atoms with Gasteiger partial charge in [-0.1, -0.05) is 50.2 Å². The van der Waals surface area contributed by atoms with Crippen LogP contribution in [0.15, 0.2) is 82.8 Å². The van der Waals surface area contributed by atoms with Crippen molar-refractivity contribution in [3.8, 4) is 0 Å². The summed E-state index contributed by atoms with van der Waals surface area (Å²) in [4.78, 5) is 26.5.